The summed E-state index contributed by atoms with van der Waals surface area (Å²) in [4.78, 5) is 29.0. The van der Waals surface area contributed by atoms with Crippen LogP contribution >= 0.6 is 0 Å². The standard InChI is InChI=1S/C13H16N2O2/c1-8-11-9(4-2-5-10(11)16)14-12(8)13(17)15-6-3-7-15/h14H,2-7H2,1H3. The lowest BCUT2D eigenvalue weighted by Gasteiger charge is -2.30. The molecule has 1 aromatic heterocycles. The van der Waals surface area contributed by atoms with Gasteiger partial charge >= 0.3 is 0 Å². The quantitative estimate of drug-likeness (QED) is 0.801. The van der Waals surface area contributed by atoms with E-state index in [1.807, 2.05) is 11.8 Å². The van der Waals surface area contributed by atoms with E-state index in [1.54, 1.807) is 0 Å². The van der Waals surface area contributed by atoms with Gasteiger partial charge in [-0.1, -0.05) is 0 Å². The Kier molecular flexibility index (Phi) is 2.31. The number of aromatic nitrogens is 1. The number of hydrogen-bond acceptors (Lipinski definition) is 2. The van der Waals surface area contributed by atoms with Gasteiger partial charge in [-0.2, -0.15) is 0 Å². The number of nitrogens with zero attached hydrogens (tertiary/aromatic N) is 1. The van der Waals surface area contributed by atoms with E-state index in [0.717, 1.165) is 49.2 Å². The fourth-order valence-electron chi connectivity index (χ4n) is 2.67. The van der Waals surface area contributed by atoms with Crippen molar-refractivity contribution in [3.63, 3.8) is 0 Å². The van der Waals surface area contributed by atoms with Gasteiger partial charge in [0.25, 0.3) is 5.91 Å². The van der Waals surface area contributed by atoms with Gasteiger partial charge in [0.15, 0.2) is 5.78 Å². The Morgan fingerprint density at radius 2 is 2.00 bits per heavy atom. The van der Waals surface area contributed by atoms with Crippen molar-refractivity contribution >= 4 is 11.7 Å². The number of carbonyl (C=O) groups excluding carboxylic acids is 2. The molecule has 90 valence electrons. The van der Waals surface area contributed by atoms with E-state index >= 15 is 0 Å². The number of fused-ring (bicyclic) bond motifs is 1. The average Bonchev–Trinajstić information content (AvgIpc) is 2.55. The highest BCUT2D eigenvalue weighted by Gasteiger charge is 2.29. The third-order valence-electron chi connectivity index (χ3n) is 3.79. The van der Waals surface area contributed by atoms with E-state index in [0.29, 0.717) is 12.1 Å². The van der Waals surface area contributed by atoms with Crippen molar-refractivity contribution in [1.29, 1.82) is 0 Å². The Hall–Kier alpha value is -1.58. The summed E-state index contributed by atoms with van der Waals surface area (Å²) in [6.07, 6.45) is 3.48. The Balaban J connectivity index is 2.00. The summed E-state index contributed by atoms with van der Waals surface area (Å²) in [5.41, 5.74) is 3.22. The molecule has 1 aromatic rings. The molecule has 0 unspecified atom stereocenters. The SMILES string of the molecule is Cc1c(C(=O)N2CCC2)[nH]c2c1C(=O)CCC2. The van der Waals surface area contributed by atoms with Crippen LogP contribution in [0.2, 0.25) is 0 Å². The van der Waals surface area contributed by atoms with Crippen LogP contribution in [0.4, 0.5) is 0 Å². The van der Waals surface area contributed by atoms with E-state index < -0.39 is 0 Å². The van der Waals surface area contributed by atoms with Crippen molar-refractivity contribution in [2.75, 3.05) is 13.1 Å². The largest absolute Gasteiger partial charge is 0.354 e. The Morgan fingerprint density at radius 3 is 2.59 bits per heavy atom. The molecule has 2 aliphatic rings. The molecule has 4 heteroatoms. The molecule has 1 N–H and O–H groups in total. The first-order valence-electron chi connectivity index (χ1n) is 6.22. The number of carbonyl (C=O) groups is 2. The molecule has 4 nitrogen and oxygen atoms in total. The number of rotatable bonds is 1. The number of likely N-dealkylation sites (tertiary alicyclic amines) is 1. The van der Waals surface area contributed by atoms with Crippen molar-refractivity contribution in [1.82, 2.24) is 9.88 Å². The number of aromatic amines is 1. The van der Waals surface area contributed by atoms with Gasteiger partial charge in [-0.15, -0.1) is 0 Å². The average molecular weight is 232 g/mol. The second kappa shape index (κ2) is 3.72. The van der Waals surface area contributed by atoms with E-state index in [1.165, 1.54) is 0 Å². The zero-order valence-electron chi connectivity index (χ0n) is 10.0. The first-order valence-corrected chi connectivity index (χ1v) is 6.22. The molecule has 0 radical (unpaired) electrons. The summed E-state index contributed by atoms with van der Waals surface area (Å²) in [6, 6.07) is 0. The second-order valence-corrected chi connectivity index (χ2v) is 4.90. The number of H-pyrrole nitrogens is 1. The normalized spacial score (nSPS) is 18.9. The lowest BCUT2D eigenvalue weighted by atomic mass is 9.93. The number of amides is 1. The van der Waals surface area contributed by atoms with Crippen molar-refractivity contribution in [2.45, 2.75) is 32.6 Å². The number of hydrogen-bond donors (Lipinski definition) is 1. The van der Waals surface area contributed by atoms with Crippen molar-refractivity contribution < 1.29 is 9.59 Å². The minimum Gasteiger partial charge on any atom is -0.354 e. The van der Waals surface area contributed by atoms with Gasteiger partial charge in [-0.25, -0.2) is 0 Å². The van der Waals surface area contributed by atoms with Crippen LogP contribution in [0.25, 0.3) is 0 Å². The van der Waals surface area contributed by atoms with E-state index in [2.05, 4.69) is 4.98 Å². The summed E-state index contributed by atoms with van der Waals surface area (Å²) < 4.78 is 0. The lowest BCUT2D eigenvalue weighted by Crippen LogP contribution is -2.42. The van der Waals surface area contributed by atoms with Crippen molar-refractivity contribution in [2.24, 2.45) is 0 Å². The molecule has 0 aromatic carbocycles. The Bertz CT molecular complexity index is 498. The maximum absolute atomic E-state index is 12.2. The Labute approximate surface area is 100.0 Å². The van der Waals surface area contributed by atoms with E-state index in [4.69, 9.17) is 0 Å². The summed E-state index contributed by atoms with van der Waals surface area (Å²) >= 11 is 0. The van der Waals surface area contributed by atoms with Crippen LogP contribution in [-0.2, 0) is 6.42 Å². The molecule has 1 saturated heterocycles. The van der Waals surface area contributed by atoms with Crippen LogP contribution in [0.1, 0.15) is 51.4 Å². The number of nitrogens with one attached hydrogen (secondary N) is 1. The molecular weight excluding hydrogens is 216 g/mol. The molecule has 1 amide bonds. The summed E-state index contributed by atoms with van der Waals surface area (Å²) in [6.45, 7) is 3.57. The number of aryl methyl sites for hydroxylation is 1. The highest BCUT2D eigenvalue weighted by atomic mass is 16.2. The monoisotopic (exact) mass is 232 g/mol. The van der Waals surface area contributed by atoms with Crippen LogP contribution < -0.4 is 0 Å². The van der Waals surface area contributed by atoms with Crippen molar-refractivity contribution in [3.8, 4) is 0 Å². The first kappa shape index (κ1) is 10.6. The maximum Gasteiger partial charge on any atom is 0.270 e. The molecule has 1 fully saturated rings. The summed E-state index contributed by atoms with van der Waals surface area (Å²) in [5.74, 6) is 0.235. The van der Waals surface area contributed by atoms with Crippen LogP contribution in [-0.4, -0.2) is 34.7 Å². The maximum atomic E-state index is 12.2. The molecule has 0 bridgehead atoms. The number of Topliss-reactive ketones (excluding diaryl/α,β-unsaturated/α-hetero) is 1. The molecule has 2 heterocycles. The molecule has 1 aliphatic carbocycles. The van der Waals surface area contributed by atoms with Crippen molar-refractivity contribution in [3.05, 3.63) is 22.5 Å². The van der Waals surface area contributed by atoms with Crippen LogP contribution in [0.15, 0.2) is 0 Å². The van der Waals surface area contributed by atoms with Gasteiger partial charge in [0.1, 0.15) is 5.69 Å². The fourth-order valence-corrected chi connectivity index (χ4v) is 2.67. The predicted molar refractivity (Wildman–Crippen MR) is 63.3 cm³/mol. The minimum atomic E-state index is 0.0518. The van der Waals surface area contributed by atoms with E-state index in [9.17, 15) is 9.59 Å². The molecular formula is C13H16N2O2. The van der Waals surface area contributed by atoms with Gasteiger partial charge in [-0.3, -0.25) is 9.59 Å². The zero-order chi connectivity index (χ0) is 12.0. The topological polar surface area (TPSA) is 53.2 Å². The van der Waals surface area contributed by atoms with Gasteiger partial charge in [0, 0.05) is 30.8 Å². The van der Waals surface area contributed by atoms with Crippen LogP contribution in [0.5, 0.6) is 0 Å². The third-order valence-corrected chi connectivity index (χ3v) is 3.79. The van der Waals surface area contributed by atoms with Gasteiger partial charge in [0.05, 0.1) is 0 Å². The first-order chi connectivity index (χ1) is 8.18. The van der Waals surface area contributed by atoms with E-state index in [-0.39, 0.29) is 11.7 Å². The molecule has 17 heavy (non-hydrogen) atoms. The predicted octanol–water partition coefficient (Wildman–Crippen LogP) is 1.69. The third kappa shape index (κ3) is 1.51. The molecule has 1 aliphatic heterocycles. The molecule has 0 saturated carbocycles. The highest BCUT2D eigenvalue weighted by molar-refractivity contribution is 6.04. The van der Waals surface area contributed by atoms with Crippen LogP contribution in [0.3, 0.4) is 0 Å². The highest BCUT2D eigenvalue weighted by Crippen LogP contribution is 2.27. The molecule has 3 rings (SSSR count). The van der Waals surface area contributed by atoms with Crippen LogP contribution in [0, 0.1) is 6.92 Å². The Morgan fingerprint density at radius 1 is 1.24 bits per heavy atom. The number of ketones is 1. The van der Waals surface area contributed by atoms with Gasteiger partial charge in [0.2, 0.25) is 0 Å². The fraction of sp³-hybridized carbons (Fsp3) is 0.538. The minimum absolute atomic E-state index is 0.0518. The lowest BCUT2D eigenvalue weighted by molar-refractivity contribution is 0.0645. The molecule has 0 atom stereocenters. The molecule has 0 spiro atoms. The van der Waals surface area contributed by atoms with Gasteiger partial charge < -0.3 is 9.88 Å². The summed E-state index contributed by atoms with van der Waals surface area (Å²) in [5, 5.41) is 0. The second-order valence-electron chi connectivity index (χ2n) is 4.90. The smallest absolute Gasteiger partial charge is 0.270 e. The zero-order valence-corrected chi connectivity index (χ0v) is 10.0. The summed E-state index contributed by atoms with van der Waals surface area (Å²) in [7, 11) is 0. The van der Waals surface area contributed by atoms with Gasteiger partial charge in [-0.05, 0) is 31.7 Å².